The van der Waals surface area contributed by atoms with Crippen molar-refractivity contribution >= 4 is 16.7 Å². The molecular formula is C20H18O4. The van der Waals surface area contributed by atoms with Gasteiger partial charge in [0, 0.05) is 6.42 Å². The van der Waals surface area contributed by atoms with Gasteiger partial charge in [-0.1, -0.05) is 42.5 Å². The quantitative estimate of drug-likeness (QED) is 0.747. The van der Waals surface area contributed by atoms with E-state index in [4.69, 9.17) is 9.47 Å². The van der Waals surface area contributed by atoms with Gasteiger partial charge in [-0.15, -0.1) is 0 Å². The van der Waals surface area contributed by atoms with Crippen LogP contribution >= 0.6 is 0 Å². The van der Waals surface area contributed by atoms with Gasteiger partial charge in [0.2, 0.25) is 0 Å². The second-order valence-electron chi connectivity index (χ2n) is 5.51. The number of carboxylic acid groups (broad SMARTS) is 1. The number of hydrogen-bond acceptors (Lipinski definition) is 3. The number of methoxy groups -OCH3 is 1. The van der Waals surface area contributed by atoms with Crippen LogP contribution in [0.15, 0.2) is 66.7 Å². The molecule has 0 saturated carbocycles. The molecule has 0 aliphatic rings. The van der Waals surface area contributed by atoms with E-state index < -0.39 is 12.1 Å². The molecule has 24 heavy (non-hydrogen) atoms. The summed E-state index contributed by atoms with van der Waals surface area (Å²) in [6, 6.07) is 20.8. The second-order valence-corrected chi connectivity index (χ2v) is 5.51. The highest BCUT2D eigenvalue weighted by Crippen LogP contribution is 2.22. The fourth-order valence-electron chi connectivity index (χ4n) is 2.56. The first kappa shape index (κ1) is 15.9. The van der Waals surface area contributed by atoms with E-state index in [1.807, 2.05) is 60.7 Å². The SMILES string of the molecule is COc1ccc(C[C@H](Oc2ccc3ccccc3c2)C(=O)O)cc1. The summed E-state index contributed by atoms with van der Waals surface area (Å²) in [4.78, 5) is 11.5. The molecule has 0 heterocycles. The molecule has 0 aromatic heterocycles. The van der Waals surface area contributed by atoms with Crippen molar-refractivity contribution in [3.63, 3.8) is 0 Å². The standard InChI is InChI=1S/C20H18O4/c1-23-17-9-6-14(7-10-17)12-19(20(21)22)24-18-11-8-15-4-2-3-5-16(15)13-18/h2-11,13,19H,12H2,1H3,(H,21,22)/t19-/m0/s1. The van der Waals surface area contributed by atoms with Crippen molar-refractivity contribution in [1.82, 2.24) is 0 Å². The van der Waals surface area contributed by atoms with Crippen LogP contribution < -0.4 is 9.47 Å². The molecule has 0 spiro atoms. The fourth-order valence-corrected chi connectivity index (χ4v) is 2.56. The smallest absolute Gasteiger partial charge is 0.345 e. The lowest BCUT2D eigenvalue weighted by Crippen LogP contribution is -2.29. The van der Waals surface area contributed by atoms with E-state index in [0.29, 0.717) is 5.75 Å². The van der Waals surface area contributed by atoms with Crippen LogP contribution in [0.2, 0.25) is 0 Å². The van der Waals surface area contributed by atoms with E-state index in [-0.39, 0.29) is 6.42 Å². The summed E-state index contributed by atoms with van der Waals surface area (Å²) in [7, 11) is 1.60. The van der Waals surface area contributed by atoms with Crippen LogP contribution in [0.3, 0.4) is 0 Å². The zero-order valence-electron chi connectivity index (χ0n) is 13.3. The lowest BCUT2D eigenvalue weighted by molar-refractivity contribution is -0.145. The summed E-state index contributed by atoms with van der Waals surface area (Å²) in [6.45, 7) is 0. The number of ether oxygens (including phenoxy) is 2. The summed E-state index contributed by atoms with van der Waals surface area (Å²) in [5.74, 6) is 0.301. The third kappa shape index (κ3) is 3.66. The van der Waals surface area contributed by atoms with Gasteiger partial charge in [-0.25, -0.2) is 4.79 Å². The van der Waals surface area contributed by atoms with Crippen LogP contribution in [0.1, 0.15) is 5.56 Å². The first-order valence-corrected chi connectivity index (χ1v) is 7.67. The van der Waals surface area contributed by atoms with Gasteiger partial charge in [0.25, 0.3) is 0 Å². The number of hydrogen-bond donors (Lipinski definition) is 1. The summed E-state index contributed by atoms with van der Waals surface area (Å²) >= 11 is 0. The predicted molar refractivity (Wildman–Crippen MR) is 92.7 cm³/mol. The van der Waals surface area contributed by atoms with Gasteiger partial charge >= 0.3 is 5.97 Å². The fraction of sp³-hybridized carbons (Fsp3) is 0.150. The van der Waals surface area contributed by atoms with Crippen molar-refractivity contribution in [2.24, 2.45) is 0 Å². The normalized spacial score (nSPS) is 11.9. The van der Waals surface area contributed by atoms with Gasteiger partial charge in [0.15, 0.2) is 6.10 Å². The predicted octanol–water partition coefficient (Wildman–Crippen LogP) is 3.92. The molecule has 0 aliphatic heterocycles. The zero-order valence-corrected chi connectivity index (χ0v) is 13.3. The molecule has 0 radical (unpaired) electrons. The zero-order chi connectivity index (χ0) is 16.9. The van der Waals surface area contributed by atoms with Crippen LogP contribution in [0.4, 0.5) is 0 Å². The molecule has 0 saturated heterocycles. The van der Waals surface area contributed by atoms with Gasteiger partial charge in [-0.3, -0.25) is 0 Å². The highest BCUT2D eigenvalue weighted by atomic mass is 16.5. The van der Waals surface area contributed by atoms with Crippen LogP contribution in [0.25, 0.3) is 10.8 Å². The van der Waals surface area contributed by atoms with Crippen molar-refractivity contribution in [1.29, 1.82) is 0 Å². The maximum atomic E-state index is 11.5. The molecule has 0 fully saturated rings. The number of rotatable bonds is 6. The lowest BCUT2D eigenvalue weighted by Gasteiger charge is -2.16. The molecule has 122 valence electrons. The lowest BCUT2D eigenvalue weighted by atomic mass is 10.1. The monoisotopic (exact) mass is 322 g/mol. The molecule has 3 aromatic carbocycles. The Hall–Kier alpha value is -3.01. The van der Waals surface area contributed by atoms with E-state index in [2.05, 4.69) is 0 Å². The van der Waals surface area contributed by atoms with E-state index >= 15 is 0 Å². The summed E-state index contributed by atoms with van der Waals surface area (Å²) in [6.07, 6.45) is -0.661. The van der Waals surface area contributed by atoms with Gasteiger partial charge in [0.05, 0.1) is 7.11 Å². The van der Waals surface area contributed by atoms with E-state index in [0.717, 1.165) is 22.1 Å². The summed E-state index contributed by atoms with van der Waals surface area (Å²) in [5.41, 5.74) is 0.879. The molecule has 4 nitrogen and oxygen atoms in total. The van der Waals surface area contributed by atoms with Gasteiger partial charge in [0.1, 0.15) is 11.5 Å². The Kier molecular flexibility index (Phi) is 4.66. The average Bonchev–Trinajstić information content (AvgIpc) is 2.61. The van der Waals surface area contributed by atoms with Crippen molar-refractivity contribution in [3.05, 3.63) is 72.3 Å². The molecule has 0 amide bonds. The number of aliphatic carboxylic acids is 1. The molecule has 0 bridgehead atoms. The molecule has 1 atom stereocenters. The average molecular weight is 322 g/mol. The molecule has 3 rings (SSSR count). The third-order valence-corrected chi connectivity index (χ3v) is 3.85. The van der Waals surface area contributed by atoms with Crippen LogP contribution in [-0.4, -0.2) is 24.3 Å². The van der Waals surface area contributed by atoms with E-state index in [1.54, 1.807) is 13.2 Å². The van der Waals surface area contributed by atoms with Crippen LogP contribution in [0.5, 0.6) is 11.5 Å². The number of fused-ring (bicyclic) bond motifs is 1. The van der Waals surface area contributed by atoms with Crippen molar-refractivity contribution < 1.29 is 19.4 Å². The maximum Gasteiger partial charge on any atom is 0.345 e. The Balaban J connectivity index is 1.78. The summed E-state index contributed by atoms with van der Waals surface area (Å²) in [5, 5.41) is 11.6. The minimum absolute atomic E-state index is 0.284. The van der Waals surface area contributed by atoms with Gasteiger partial charge in [-0.2, -0.15) is 0 Å². The van der Waals surface area contributed by atoms with Crippen LogP contribution in [-0.2, 0) is 11.2 Å². The highest BCUT2D eigenvalue weighted by molar-refractivity contribution is 5.84. The first-order chi connectivity index (χ1) is 11.7. The summed E-state index contributed by atoms with van der Waals surface area (Å²) < 4.78 is 10.8. The maximum absolute atomic E-state index is 11.5. The Morgan fingerprint density at radius 3 is 2.29 bits per heavy atom. The van der Waals surface area contributed by atoms with Crippen molar-refractivity contribution in [3.8, 4) is 11.5 Å². The Morgan fingerprint density at radius 1 is 0.958 bits per heavy atom. The largest absolute Gasteiger partial charge is 0.497 e. The number of carbonyl (C=O) groups is 1. The minimum Gasteiger partial charge on any atom is -0.497 e. The Labute approximate surface area is 140 Å². The van der Waals surface area contributed by atoms with Gasteiger partial charge < -0.3 is 14.6 Å². The minimum atomic E-state index is -0.987. The van der Waals surface area contributed by atoms with Crippen LogP contribution in [0, 0.1) is 0 Å². The third-order valence-electron chi connectivity index (χ3n) is 3.85. The molecule has 4 heteroatoms. The molecule has 0 unspecified atom stereocenters. The molecule has 3 aromatic rings. The molecule has 0 aliphatic carbocycles. The second kappa shape index (κ2) is 7.04. The Morgan fingerprint density at radius 2 is 1.62 bits per heavy atom. The van der Waals surface area contributed by atoms with E-state index in [1.165, 1.54) is 0 Å². The van der Waals surface area contributed by atoms with Gasteiger partial charge in [-0.05, 0) is 40.6 Å². The van der Waals surface area contributed by atoms with Crippen molar-refractivity contribution in [2.75, 3.05) is 7.11 Å². The first-order valence-electron chi connectivity index (χ1n) is 7.67. The Bertz CT molecular complexity index is 840. The number of benzene rings is 3. The molecule has 1 N–H and O–H groups in total. The van der Waals surface area contributed by atoms with Crippen molar-refractivity contribution in [2.45, 2.75) is 12.5 Å². The number of carboxylic acids is 1. The highest BCUT2D eigenvalue weighted by Gasteiger charge is 2.20. The topological polar surface area (TPSA) is 55.8 Å². The van der Waals surface area contributed by atoms with E-state index in [9.17, 15) is 9.90 Å². The molecular weight excluding hydrogens is 304 g/mol.